The van der Waals surface area contributed by atoms with E-state index in [1.807, 2.05) is 0 Å². The van der Waals surface area contributed by atoms with Crippen molar-refractivity contribution in [3.63, 3.8) is 0 Å². The molecular formula is C13H22ClN3O. The predicted molar refractivity (Wildman–Crippen MR) is 75.5 cm³/mol. The van der Waals surface area contributed by atoms with Crippen molar-refractivity contribution < 1.29 is 4.74 Å². The summed E-state index contributed by atoms with van der Waals surface area (Å²) in [7, 11) is 1.70. The summed E-state index contributed by atoms with van der Waals surface area (Å²) in [6.07, 6.45) is 1.52. The number of nitrogens with zero attached hydrogens (tertiary/aromatic N) is 3. The number of methoxy groups -OCH3 is 1. The van der Waals surface area contributed by atoms with Gasteiger partial charge < -0.3 is 9.64 Å². The smallest absolute Gasteiger partial charge is 0.138 e. The Morgan fingerprint density at radius 1 is 1.28 bits per heavy atom. The molecule has 1 aromatic rings. The summed E-state index contributed by atoms with van der Waals surface area (Å²) in [6.45, 7) is 9.93. The lowest BCUT2D eigenvalue weighted by Crippen LogP contribution is -2.35. The molecule has 18 heavy (non-hydrogen) atoms. The molecule has 0 spiro atoms. The van der Waals surface area contributed by atoms with E-state index in [1.54, 1.807) is 7.11 Å². The SMILES string of the molecule is COCCN(c1ncnc(Cl)c1C(C)C)C(C)C. The molecule has 0 aliphatic carbocycles. The molecular weight excluding hydrogens is 250 g/mol. The van der Waals surface area contributed by atoms with E-state index in [1.165, 1.54) is 6.33 Å². The van der Waals surface area contributed by atoms with Crippen LogP contribution in [-0.2, 0) is 4.74 Å². The van der Waals surface area contributed by atoms with Crippen molar-refractivity contribution >= 4 is 17.4 Å². The topological polar surface area (TPSA) is 38.2 Å². The van der Waals surface area contributed by atoms with Crippen LogP contribution >= 0.6 is 11.6 Å². The molecule has 0 bridgehead atoms. The van der Waals surface area contributed by atoms with Gasteiger partial charge >= 0.3 is 0 Å². The first kappa shape index (κ1) is 15.2. The molecule has 0 saturated carbocycles. The van der Waals surface area contributed by atoms with Crippen LogP contribution in [0.15, 0.2) is 6.33 Å². The van der Waals surface area contributed by atoms with Gasteiger partial charge in [-0.3, -0.25) is 0 Å². The van der Waals surface area contributed by atoms with Crippen LogP contribution in [0.3, 0.4) is 0 Å². The number of ether oxygens (including phenoxy) is 1. The Morgan fingerprint density at radius 2 is 1.94 bits per heavy atom. The van der Waals surface area contributed by atoms with Crippen molar-refractivity contribution in [2.45, 2.75) is 39.7 Å². The van der Waals surface area contributed by atoms with Crippen LogP contribution in [0.5, 0.6) is 0 Å². The van der Waals surface area contributed by atoms with Gasteiger partial charge in [-0.25, -0.2) is 9.97 Å². The van der Waals surface area contributed by atoms with Crippen LogP contribution in [0.25, 0.3) is 0 Å². The molecule has 0 aliphatic heterocycles. The Balaban J connectivity index is 3.14. The largest absolute Gasteiger partial charge is 0.383 e. The van der Waals surface area contributed by atoms with Gasteiger partial charge in [-0.15, -0.1) is 0 Å². The van der Waals surface area contributed by atoms with E-state index >= 15 is 0 Å². The summed E-state index contributed by atoms with van der Waals surface area (Å²) in [5.41, 5.74) is 1.00. The molecule has 0 atom stereocenters. The Labute approximate surface area is 114 Å². The minimum absolute atomic E-state index is 0.289. The average Bonchev–Trinajstić information content (AvgIpc) is 2.28. The van der Waals surface area contributed by atoms with Gasteiger partial charge in [0, 0.05) is 25.3 Å². The van der Waals surface area contributed by atoms with E-state index in [2.05, 4.69) is 42.6 Å². The zero-order valence-corrected chi connectivity index (χ0v) is 12.5. The molecule has 1 aromatic heterocycles. The maximum atomic E-state index is 6.20. The standard InChI is InChI=1S/C13H22ClN3O/c1-9(2)11-12(14)15-8-16-13(11)17(10(3)4)6-7-18-5/h8-10H,6-7H2,1-5H3. The van der Waals surface area contributed by atoms with Crippen molar-refractivity contribution in [2.24, 2.45) is 0 Å². The highest BCUT2D eigenvalue weighted by Gasteiger charge is 2.20. The van der Waals surface area contributed by atoms with Crippen molar-refractivity contribution in [1.29, 1.82) is 0 Å². The molecule has 1 heterocycles. The molecule has 0 amide bonds. The number of anilines is 1. The molecule has 0 N–H and O–H groups in total. The highest BCUT2D eigenvalue weighted by Crippen LogP contribution is 2.31. The Morgan fingerprint density at radius 3 is 2.44 bits per heavy atom. The Kier molecular flexibility index (Phi) is 5.82. The Hall–Kier alpha value is -0.870. The van der Waals surface area contributed by atoms with Gasteiger partial charge in [0.1, 0.15) is 17.3 Å². The van der Waals surface area contributed by atoms with Crippen LogP contribution in [0.4, 0.5) is 5.82 Å². The van der Waals surface area contributed by atoms with Gasteiger partial charge in [-0.2, -0.15) is 0 Å². The van der Waals surface area contributed by atoms with Gasteiger partial charge in [0.2, 0.25) is 0 Å². The fraction of sp³-hybridized carbons (Fsp3) is 0.692. The first-order valence-electron chi connectivity index (χ1n) is 6.25. The molecule has 102 valence electrons. The summed E-state index contributed by atoms with van der Waals surface area (Å²) in [5, 5.41) is 0.540. The van der Waals surface area contributed by atoms with Crippen molar-refractivity contribution in [2.75, 3.05) is 25.2 Å². The molecule has 0 aliphatic rings. The minimum Gasteiger partial charge on any atom is -0.383 e. The summed E-state index contributed by atoms with van der Waals surface area (Å²) in [6, 6.07) is 0.337. The van der Waals surface area contributed by atoms with Crippen LogP contribution < -0.4 is 4.90 Å². The molecule has 5 heteroatoms. The van der Waals surface area contributed by atoms with Crippen molar-refractivity contribution in [3.05, 3.63) is 17.0 Å². The minimum atomic E-state index is 0.289. The maximum Gasteiger partial charge on any atom is 0.138 e. The van der Waals surface area contributed by atoms with Crippen molar-refractivity contribution in [1.82, 2.24) is 9.97 Å². The third-order valence-corrected chi connectivity index (χ3v) is 3.12. The molecule has 0 saturated heterocycles. The summed E-state index contributed by atoms with van der Waals surface area (Å²) >= 11 is 6.20. The third kappa shape index (κ3) is 3.56. The second-order valence-electron chi connectivity index (χ2n) is 4.84. The predicted octanol–water partition coefficient (Wildman–Crippen LogP) is 3.11. The zero-order chi connectivity index (χ0) is 13.7. The van der Waals surface area contributed by atoms with E-state index < -0.39 is 0 Å². The van der Waals surface area contributed by atoms with E-state index in [0.29, 0.717) is 17.8 Å². The van der Waals surface area contributed by atoms with Crippen LogP contribution in [0.1, 0.15) is 39.2 Å². The lowest BCUT2D eigenvalue weighted by Gasteiger charge is -2.30. The van der Waals surface area contributed by atoms with Gasteiger partial charge in [-0.05, 0) is 19.8 Å². The van der Waals surface area contributed by atoms with Gasteiger partial charge in [-0.1, -0.05) is 25.4 Å². The van der Waals surface area contributed by atoms with E-state index in [0.717, 1.165) is 17.9 Å². The molecule has 0 unspecified atom stereocenters. The normalized spacial score (nSPS) is 11.3. The second-order valence-corrected chi connectivity index (χ2v) is 5.19. The Bertz CT molecular complexity index is 382. The highest BCUT2D eigenvalue weighted by molar-refractivity contribution is 6.30. The quantitative estimate of drug-likeness (QED) is 0.745. The van der Waals surface area contributed by atoms with E-state index in [9.17, 15) is 0 Å². The van der Waals surface area contributed by atoms with E-state index in [4.69, 9.17) is 16.3 Å². The average molecular weight is 272 g/mol. The number of aromatic nitrogens is 2. The van der Waals surface area contributed by atoms with Crippen LogP contribution in [0.2, 0.25) is 5.15 Å². The third-order valence-electron chi connectivity index (χ3n) is 2.82. The van der Waals surface area contributed by atoms with E-state index in [-0.39, 0.29) is 5.92 Å². The monoisotopic (exact) mass is 271 g/mol. The molecule has 0 fully saturated rings. The number of halogens is 1. The zero-order valence-electron chi connectivity index (χ0n) is 11.8. The fourth-order valence-corrected chi connectivity index (χ4v) is 2.24. The van der Waals surface area contributed by atoms with Gasteiger partial charge in [0.25, 0.3) is 0 Å². The first-order chi connectivity index (χ1) is 8.49. The fourth-order valence-electron chi connectivity index (χ4n) is 1.89. The molecule has 0 aromatic carbocycles. The summed E-state index contributed by atoms with van der Waals surface area (Å²) in [4.78, 5) is 10.7. The summed E-state index contributed by atoms with van der Waals surface area (Å²) in [5.74, 6) is 1.20. The number of hydrogen-bond acceptors (Lipinski definition) is 4. The summed E-state index contributed by atoms with van der Waals surface area (Å²) < 4.78 is 5.16. The van der Waals surface area contributed by atoms with Crippen molar-refractivity contribution in [3.8, 4) is 0 Å². The number of rotatable bonds is 6. The molecule has 0 radical (unpaired) electrons. The van der Waals surface area contributed by atoms with Crippen LogP contribution in [0, 0.1) is 0 Å². The lowest BCUT2D eigenvalue weighted by molar-refractivity contribution is 0.203. The lowest BCUT2D eigenvalue weighted by atomic mass is 10.1. The maximum absolute atomic E-state index is 6.20. The first-order valence-corrected chi connectivity index (χ1v) is 6.62. The molecule has 1 rings (SSSR count). The second kappa shape index (κ2) is 6.90. The van der Waals surface area contributed by atoms with Crippen LogP contribution in [-0.4, -0.2) is 36.3 Å². The highest BCUT2D eigenvalue weighted by atomic mass is 35.5. The molecule has 4 nitrogen and oxygen atoms in total. The number of hydrogen-bond donors (Lipinski definition) is 0. The van der Waals surface area contributed by atoms with Gasteiger partial charge in [0.05, 0.1) is 6.61 Å². The van der Waals surface area contributed by atoms with Gasteiger partial charge in [0.15, 0.2) is 0 Å².